The summed E-state index contributed by atoms with van der Waals surface area (Å²) in [5, 5.41) is 1.06. The molecule has 5 atom stereocenters. The van der Waals surface area contributed by atoms with Gasteiger partial charge in [0.05, 0.1) is 11.2 Å². The highest BCUT2D eigenvalue weighted by molar-refractivity contribution is 8.01. The predicted molar refractivity (Wildman–Crippen MR) is 139 cm³/mol. The van der Waals surface area contributed by atoms with Crippen LogP contribution in [0.2, 0.25) is 0 Å². The lowest BCUT2D eigenvalue weighted by Gasteiger charge is -2.43. The van der Waals surface area contributed by atoms with Crippen LogP contribution in [0.1, 0.15) is 34.1 Å². The lowest BCUT2D eigenvalue weighted by atomic mass is 9.96. The molecule has 4 heterocycles. The Morgan fingerprint density at radius 3 is 2.25 bits per heavy atom. The number of hydrogen-bond donors (Lipinski definition) is 1. The monoisotopic (exact) mass is 595 g/mol. The van der Waals surface area contributed by atoms with E-state index in [1.54, 1.807) is 38.1 Å². The zero-order chi connectivity index (χ0) is 29.2. The van der Waals surface area contributed by atoms with Crippen LogP contribution in [0.3, 0.4) is 0 Å². The lowest BCUT2D eigenvalue weighted by molar-refractivity contribution is -0.181. The molecule has 1 aromatic carbocycles. The smallest absolute Gasteiger partial charge is 0.333 e. The molecule has 13 nitrogen and oxygen atoms in total. The Morgan fingerprint density at radius 1 is 1.00 bits per heavy atom. The van der Waals surface area contributed by atoms with Crippen molar-refractivity contribution in [1.82, 2.24) is 15.1 Å². The zero-order valence-electron chi connectivity index (χ0n) is 22.2. The van der Waals surface area contributed by atoms with Gasteiger partial charge in [-0.3, -0.25) is 14.4 Å². The third kappa shape index (κ3) is 4.29. The Bertz CT molecular complexity index is 1380. The molecule has 1 N–H and O–H groups in total. The molecule has 15 heteroatoms. The van der Waals surface area contributed by atoms with Crippen LogP contribution in [0.4, 0.5) is 0 Å². The maximum atomic E-state index is 13.0. The quantitative estimate of drug-likeness (QED) is 0.240. The van der Waals surface area contributed by atoms with Crippen LogP contribution in [0, 0.1) is 0 Å². The molecule has 4 fully saturated rings. The minimum Gasteiger partial charge on any atom is -0.484 e. The van der Waals surface area contributed by atoms with Gasteiger partial charge in [0.2, 0.25) is 18.6 Å². The van der Waals surface area contributed by atoms with Gasteiger partial charge in [-0.2, -0.15) is 0 Å². The molecular weight excluding hydrogens is 566 g/mol. The average Bonchev–Trinajstić information content (AvgIpc) is 3.21. The van der Waals surface area contributed by atoms with Crippen molar-refractivity contribution >= 4 is 51.3 Å². The van der Waals surface area contributed by atoms with Gasteiger partial charge in [0, 0.05) is 4.75 Å². The van der Waals surface area contributed by atoms with Gasteiger partial charge in [-0.1, -0.05) is 18.2 Å². The fourth-order valence-corrected chi connectivity index (χ4v) is 9.26. The van der Waals surface area contributed by atoms with Crippen molar-refractivity contribution < 1.29 is 46.6 Å². The first-order chi connectivity index (χ1) is 18.7. The number of benzene rings is 1. The van der Waals surface area contributed by atoms with Crippen molar-refractivity contribution in [2.75, 3.05) is 13.4 Å². The molecule has 4 aliphatic rings. The highest BCUT2D eigenvalue weighted by atomic mass is 32.2. The number of carbonyl (C=O) groups is 5. The molecule has 0 aromatic heterocycles. The van der Waals surface area contributed by atoms with Crippen molar-refractivity contribution in [1.29, 1.82) is 0 Å². The largest absolute Gasteiger partial charge is 0.484 e. The highest BCUT2D eigenvalue weighted by Gasteiger charge is 2.68. The molecule has 0 spiro atoms. The SMILES string of the molecule is CC1(C)S[C@@H]2C(NC(=O)COc3ccccc3)C(=O)N2[C@H]1C(=O)OCOC(=O)[C@@H]1N2C(=O)C[C@H]2S(=O)(=O)C1(C)C. The lowest BCUT2D eigenvalue weighted by Crippen LogP contribution is -2.71. The molecular formula is C25H29N3O10S2. The van der Waals surface area contributed by atoms with Crippen LogP contribution < -0.4 is 10.1 Å². The second kappa shape index (κ2) is 9.65. The molecule has 1 unspecified atom stereocenters. The number of nitrogens with zero attached hydrogens (tertiary/aromatic N) is 2. The maximum Gasteiger partial charge on any atom is 0.333 e. The second-order valence-corrected chi connectivity index (χ2v) is 15.4. The van der Waals surface area contributed by atoms with E-state index in [0.717, 1.165) is 4.90 Å². The van der Waals surface area contributed by atoms with Crippen LogP contribution in [0.5, 0.6) is 5.75 Å². The van der Waals surface area contributed by atoms with Gasteiger partial charge < -0.3 is 29.3 Å². The van der Waals surface area contributed by atoms with E-state index in [-0.39, 0.29) is 13.0 Å². The zero-order valence-corrected chi connectivity index (χ0v) is 23.8. The molecule has 0 radical (unpaired) electrons. The molecule has 216 valence electrons. The fourth-order valence-electron chi connectivity index (χ4n) is 5.52. The van der Waals surface area contributed by atoms with Crippen molar-refractivity contribution in [2.45, 2.75) is 72.5 Å². The summed E-state index contributed by atoms with van der Waals surface area (Å²) >= 11 is 1.32. The van der Waals surface area contributed by atoms with Gasteiger partial charge in [-0.25, -0.2) is 18.0 Å². The number of esters is 2. The van der Waals surface area contributed by atoms with Crippen molar-refractivity contribution in [3.8, 4) is 5.75 Å². The second-order valence-electron chi connectivity index (χ2n) is 11.0. The number of nitrogens with one attached hydrogen (secondary N) is 1. The Morgan fingerprint density at radius 2 is 1.62 bits per heavy atom. The molecule has 40 heavy (non-hydrogen) atoms. The van der Waals surface area contributed by atoms with Gasteiger partial charge >= 0.3 is 11.9 Å². The summed E-state index contributed by atoms with van der Waals surface area (Å²) < 4.78 is 38.7. The van der Waals surface area contributed by atoms with Crippen molar-refractivity contribution in [3.63, 3.8) is 0 Å². The predicted octanol–water partition coefficient (Wildman–Crippen LogP) is -0.210. The first-order valence-electron chi connectivity index (χ1n) is 12.5. The first-order valence-corrected chi connectivity index (χ1v) is 15.0. The fraction of sp³-hybridized carbons (Fsp3) is 0.560. The van der Waals surface area contributed by atoms with Crippen molar-refractivity contribution in [3.05, 3.63) is 30.3 Å². The third-order valence-corrected chi connectivity index (χ3v) is 12.1. The summed E-state index contributed by atoms with van der Waals surface area (Å²) in [5.74, 6) is -2.75. The number of amides is 3. The summed E-state index contributed by atoms with van der Waals surface area (Å²) in [6.07, 6.45) is -0.189. The normalized spacial score (nSPS) is 30.4. The molecule has 0 bridgehead atoms. The molecule has 0 aliphatic carbocycles. The first kappa shape index (κ1) is 28.2. The molecule has 3 amide bonds. The van der Waals surface area contributed by atoms with Crippen LogP contribution in [-0.2, 0) is 43.3 Å². The number of sulfone groups is 1. The van der Waals surface area contributed by atoms with E-state index < -0.39 is 84.7 Å². The van der Waals surface area contributed by atoms with Crippen LogP contribution in [0.25, 0.3) is 0 Å². The summed E-state index contributed by atoms with van der Waals surface area (Å²) in [5.41, 5.74) is 0. The Balaban J connectivity index is 1.15. The standard InChI is InChI=1S/C25H29N3O10S2/c1-24(2)18(28-20(31)17(21(28)39-24)26-14(29)11-36-13-8-6-5-7-9-13)22(32)37-12-38-23(33)19-25(3,4)40(34,35)16-10-15(30)27(16)19/h5-9,16-19,21H,10-12H2,1-4H3,(H,26,29)/t16-,17?,18+,19+,21-/m1/s1. The maximum absolute atomic E-state index is 13.0. The van der Waals surface area contributed by atoms with Gasteiger partial charge in [-0.05, 0) is 39.8 Å². The summed E-state index contributed by atoms with van der Waals surface area (Å²) in [7, 11) is -3.79. The highest BCUT2D eigenvalue weighted by Crippen LogP contribution is 2.51. The molecule has 1 aromatic rings. The Hall–Kier alpha value is -3.33. The average molecular weight is 596 g/mol. The molecule has 0 saturated carbocycles. The van der Waals surface area contributed by atoms with Gasteiger partial charge in [-0.15, -0.1) is 11.8 Å². The minimum absolute atomic E-state index is 0.189. The van der Waals surface area contributed by atoms with Crippen LogP contribution in [0.15, 0.2) is 30.3 Å². The number of para-hydroxylation sites is 1. The van der Waals surface area contributed by atoms with E-state index in [2.05, 4.69) is 5.32 Å². The van der Waals surface area contributed by atoms with Crippen LogP contribution in [-0.4, -0.2) is 99.6 Å². The number of fused-ring (bicyclic) bond motifs is 2. The topological polar surface area (TPSA) is 166 Å². The number of ether oxygens (including phenoxy) is 3. The van der Waals surface area contributed by atoms with Gasteiger partial charge in [0.15, 0.2) is 16.4 Å². The van der Waals surface area contributed by atoms with Gasteiger partial charge in [0.1, 0.15) is 34.6 Å². The number of rotatable bonds is 8. The number of thioether (sulfide) groups is 1. The van der Waals surface area contributed by atoms with Gasteiger partial charge in [0.25, 0.3) is 5.91 Å². The molecule has 4 aliphatic heterocycles. The van der Waals surface area contributed by atoms with E-state index >= 15 is 0 Å². The Kier molecular flexibility index (Phi) is 6.80. The third-order valence-electron chi connectivity index (χ3n) is 7.70. The van der Waals surface area contributed by atoms with E-state index in [4.69, 9.17) is 14.2 Å². The molecule has 4 saturated heterocycles. The van der Waals surface area contributed by atoms with E-state index in [1.165, 1.54) is 30.5 Å². The number of carbonyl (C=O) groups excluding carboxylic acids is 5. The summed E-state index contributed by atoms with van der Waals surface area (Å²) in [6.45, 7) is 5.10. The van der Waals surface area contributed by atoms with E-state index in [9.17, 15) is 32.4 Å². The van der Waals surface area contributed by atoms with Crippen LogP contribution >= 0.6 is 11.8 Å². The summed E-state index contributed by atoms with van der Waals surface area (Å²) in [6, 6.07) is 5.51. The minimum atomic E-state index is -3.79. The van der Waals surface area contributed by atoms with Crippen molar-refractivity contribution in [2.24, 2.45) is 0 Å². The number of β-lactam (4-membered cyclic amide) rings is 2. The number of hydrogen-bond acceptors (Lipinski definition) is 11. The van der Waals surface area contributed by atoms with E-state index in [0.29, 0.717) is 5.75 Å². The Labute approximate surface area is 234 Å². The molecule has 5 rings (SSSR count). The summed E-state index contributed by atoms with van der Waals surface area (Å²) in [4.78, 5) is 65.4. The van der Waals surface area contributed by atoms with E-state index in [1.807, 2.05) is 6.07 Å².